The lowest BCUT2D eigenvalue weighted by Crippen LogP contribution is -2.51. The molecule has 15 heteroatoms. The van der Waals surface area contributed by atoms with Crippen LogP contribution >= 0.6 is 54.0 Å². The molecule has 312 valence electrons. The predicted molar refractivity (Wildman–Crippen MR) is 251 cm³/mol. The first-order chi connectivity index (χ1) is 26.0. The van der Waals surface area contributed by atoms with Crippen molar-refractivity contribution in [3.63, 3.8) is 0 Å². The number of H-pyrrole nitrogens is 2. The lowest BCUT2D eigenvalue weighted by atomic mass is 9.96. The van der Waals surface area contributed by atoms with Crippen molar-refractivity contribution in [2.75, 3.05) is 20.2 Å². The number of imidazole rings is 2. The summed E-state index contributed by atoms with van der Waals surface area (Å²) < 4.78 is 4.75. The number of ether oxygens (including phenoxy) is 1. The van der Waals surface area contributed by atoms with E-state index in [1.54, 1.807) is 11.1 Å². The van der Waals surface area contributed by atoms with Crippen LogP contribution in [0.2, 0.25) is 0 Å². The van der Waals surface area contributed by atoms with Crippen LogP contribution in [0.4, 0.5) is 4.79 Å². The van der Waals surface area contributed by atoms with Gasteiger partial charge in [-0.3, -0.25) is 9.59 Å². The van der Waals surface area contributed by atoms with Crippen LogP contribution in [0.25, 0.3) is 32.9 Å². The van der Waals surface area contributed by atoms with Gasteiger partial charge in [-0.05, 0) is 95.7 Å². The number of hydrogen-bond donors (Lipinski definition) is 3. The fourth-order valence-electron chi connectivity index (χ4n) is 7.63. The second-order valence-corrected chi connectivity index (χ2v) is 15.3. The highest BCUT2D eigenvalue weighted by atomic mass is 32.1. The van der Waals surface area contributed by atoms with E-state index in [9.17, 15) is 14.4 Å². The summed E-state index contributed by atoms with van der Waals surface area (Å²) in [5.74, 6) is 8.28. The number of alkyl carbamates (subject to hydrolysis) is 1. The molecule has 2 aliphatic rings. The van der Waals surface area contributed by atoms with Gasteiger partial charge >= 0.3 is 6.09 Å². The molecule has 5 aromatic rings. The van der Waals surface area contributed by atoms with Gasteiger partial charge in [0.25, 0.3) is 0 Å². The summed E-state index contributed by atoms with van der Waals surface area (Å²) in [6, 6.07) is 18.0. The lowest BCUT2D eigenvalue weighted by Gasteiger charge is -2.29. The van der Waals surface area contributed by atoms with Gasteiger partial charge in [-0.25, -0.2) is 14.8 Å². The van der Waals surface area contributed by atoms with E-state index in [4.69, 9.17) is 9.72 Å². The van der Waals surface area contributed by atoms with Crippen molar-refractivity contribution < 1.29 is 19.1 Å². The number of nitrogens with zero attached hydrogens (tertiary/aromatic N) is 4. The summed E-state index contributed by atoms with van der Waals surface area (Å²) in [5.41, 5.74) is 5.62. The number of likely N-dealkylation sites (tertiary alicyclic amines) is 2. The van der Waals surface area contributed by atoms with Crippen LogP contribution in [0.3, 0.4) is 0 Å². The van der Waals surface area contributed by atoms with Crippen molar-refractivity contribution in [3.8, 4) is 23.0 Å². The maximum Gasteiger partial charge on any atom is 0.407 e. The molecule has 0 bridgehead atoms. The molecular weight excluding hydrogens is 807 g/mol. The minimum Gasteiger partial charge on any atom is -0.453 e. The van der Waals surface area contributed by atoms with Crippen molar-refractivity contribution in [1.29, 1.82) is 0 Å². The highest BCUT2D eigenvalue weighted by Gasteiger charge is 2.38. The number of aromatic nitrogens is 4. The number of carbonyl (C=O) groups is 3. The van der Waals surface area contributed by atoms with Gasteiger partial charge in [0.1, 0.15) is 23.4 Å². The molecule has 0 radical (unpaired) electrons. The molecule has 2 saturated heterocycles. The molecule has 0 spiro atoms. The fraction of sp³-hybridized carbons (Fsp3) is 0.419. The van der Waals surface area contributed by atoms with Gasteiger partial charge in [-0.1, -0.05) is 64.8 Å². The number of nitrogens with one attached hydrogen (secondary N) is 3. The Bertz CT molecular complexity index is 2280. The molecule has 7 rings (SSSR count). The number of benzene rings is 3. The van der Waals surface area contributed by atoms with Gasteiger partial charge < -0.3 is 29.8 Å². The molecule has 58 heavy (non-hydrogen) atoms. The quantitative estimate of drug-likeness (QED) is 0.136. The number of carbonyl (C=O) groups excluding carboxylic acids is 3. The molecule has 0 unspecified atom stereocenters. The number of amides is 3. The van der Waals surface area contributed by atoms with Gasteiger partial charge in [-0.15, -0.1) is 0 Å². The van der Waals surface area contributed by atoms with Gasteiger partial charge in [0.2, 0.25) is 11.8 Å². The highest BCUT2D eigenvalue weighted by molar-refractivity contribution is 7.59. The SMILES string of the molecule is COC(=O)N[C@H](C(=O)N1CCC[C@H]1c1ncc(C#Cc2ccc3cc(-c4ccc5nc([C@@H]6CCCN6C(=O)[C@@H](C)C(C)C)[nH]c5c4)ccc3c2)[nH]1)C(C)C.S.S.S.S. The normalized spacial score (nSPS) is 17.0. The third-order valence-corrected chi connectivity index (χ3v) is 11.1. The van der Waals surface area contributed by atoms with E-state index in [1.165, 1.54) is 7.11 Å². The first-order valence-electron chi connectivity index (χ1n) is 19.1. The number of aromatic amines is 2. The molecule has 11 nitrogen and oxygen atoms in total. The second-order valence-electron chi connectivity index (χ2n) is 15.3. The van der Waals surface area contributed by atoms with Crippen LogP contribution in [-0.4, -0.2) is 73.9 Å². The molecule has 0 aliphatic carbocycles. The Morgan fingerprint density at radius 2 is 1.38 bits per heavy atom. The molecule has 4 atom stereocenters. The average molecular weight is 864 g/mol. The smallest absolute Gasteiger partial charge is 0.407 e. The van der Waals surface area contributed by atoms with E-state index >= 15 is 0 Å². The van der Waals surface area contributed by atoms with Crippen molar-refractivity contribution in [2.45, 2.75) is 78.4 Å². The predicted octanol–water partition coefficient (Wildman–Crippen LogP) is 7.96. The summed E-state index contributed by atoms with van der Waals surface area (Å²) in [4.78, 5) is 58.8. The zero-order valence-electron chi connectivity index (χ0n) is 33.9. The zero-order chi connectivity index (χ0) is 38.1. The van der Waals surface area contributed by atoms with Gasteiger partial charge in [0.05, 0.1) is 36.4 Å². The summed E-state index contributed by atoms with van der Waals surface area (Å²) >= 11 is 0. The topological polar surface area (TPSA) is 136 Å². The van der Waals surface area contributed by atoms with Crippen LogP contribution < -0.4 is 5.32 Å². The molecular formula is C43H57N7O4S4. The zero-order valence-corrected chi connectivity index (χ0v) is 37.9. The number of methoxy groups -OCH3 is 1. The van der Waals surface area contributed by atoms with E-state index in [0.717, 1.165) is 76.5 Å². The molecule has 2 aliphatic heterocycles. The molecule has 3 amide bonds. The molecule has 3 aromatic carbocycles. The highest BCUT2D eigenvalue weighted by Crippen LogP contribution is 2.35. The van der Waals surface area contributed by atoms with Crippen LogP contribution in [-0.2, 0) is 14.3 Å². The van der Waals surface area contributed by atoms with Crippen LogP contribution in [0.1, 0.15) is 95.3 Å². The van der Waals surface area contributed by atoms with E-state index in [-0.39, 0.29) is 89.7 Å². The van der Waals surface area contributed by atoms with Crippen molar-refractivity contribution in [2.24, 2.45) is 17.8 Å². The molecule has 2 fully saturated rings. The monoisotopic (exact) mass is 863 g/mol. The Kier molecular flexibility index (Phi) is 17.1. The second kappa shape index (κ2) is 20.6. The summed E-state index contributed by atoms with van der Waals surface area (Å²) in [6.45, 7) is 11.4. The van der Waals surface area contributed by atoms with E-state index in [0.29, 0.717) is 24.0 Å². The number of fused-ring (bicyclic) bond motifs is 2. The largest absolute Gasteiger partial charge is 0.453 e. The Balaban J connectivity index is 0.00000225. The number of hydrogen-bond acceptors (Lipinski definition) is 6. The summed E-state index contributed by atoms with van der Waals surface area (Å²) in [6.07, 6.45) is 4.61. The van der Waals surface area contributed by atoms with Crippen molar-refractivity contribution >= 4 is 93.7 Å². The van der Waals surface area contributed by atoms with Crippen molar-refractivity contribution in [1.82, 2.24) is 35.1 Å². The minimum atomic E-state index is -0.685. The number of rotatable bonds is 8. The average Bonchev–Trinajstić information content (AvgIpc) is 4.00. The van der Waals surface area contributed by atoms with E-state index in [1.807, 2.05) is 31.7 Å². The first kappa shape index (κ1) is 48.1. The van der Waals surface area contributed by atoms with Gasteiger partial charge in [0.15, 0.2) is 0 Å². The third-order valence-electron chi connectivity index (χ3n) is 11.1. The van der Waals surface area contributed by atoms with E-state index < -0.39 is 12.1 Å². The van der Waals surface area contributed by atoms with Gasteiger partial charge in [0, 0.05) is 24.6 Å². The summed E-state index contributed by atoms with van der Waals surface area (Å²) in [7, 11) is 1.29. The van der Waals surface area contributed by atoms with E-state index in [2.05, 4.69) is 94.5 Å². The van der Waals surface area contributed by atoms with Gasteiger partial charge in [-0.2, -0.15) is 54.0 Å². The fourth-order valence-corrected chi connectivity index (χ4v) is 7.63. The first-order valence-corrected chi connectivity index (χ1v) is 19.1. The summed E-state index contributed by atoms with van der Waals surface area (Å²) in [5, 5.41) is 4.88. The Morgan fingerprint density at radius 3 is 2.05 bits per heavy atom. The molecule has 3 N–H and O–H groups in total. The standard InChI is InChI=1S/C43H49N7O4.4H2S/c1-25(2)27(5)41(51)49-19-8-10-37(49)40-46-34-18-16-32(23-35(34)47-40)31-15-14-29-21-28(11-13-30(29)22-31)12-17-33-24-44-39(45-33)36-9-7-20-50(36)42(52)38(26(3)4)48-43(53)54-6;;;;/h11,13-16,18,21-27,36-38H,7-10,19-20H2,1-6H3,(H,44,45)(H,46,47)(H,48,53);4*1H2/t27-,36-,37-,38-;;;;/m0..../s1. The Morgan fingerprint density at radius 1 is 0.759 bits per heavy atom. The Labute approximate surface area is 369 Å². The molecule has 0 saturated carbocycles. The molecule has 2 aromatic heterocycles. The maximum atomic E-state index is 13.5. The van der Waals surface area contributed by atoms with Crippen LogP contribution in [0.15, 0.2) is 60.8 Å². The molecule has 4 heterocycles. The maximum absolute atomic E-state index is 13.5. The third kappa shape index (κ3) is 10.1. The Hall–Kier alpha value is -4.23. The van der Waals surface area contributed by atoms with Crippen molar-refractivity contribution in [3.05, 3.63) is 83.7 Å². The minimum absolute atomic E-state index is 0. The van der Waals surface area contributed by atoms with Crippen LogP contribution in [0, 0.1) is 29.6 Å². The van der Waals surface area contributed by atoms with Crippen LogP contribution in [0.5, 0.6) is 0 Å². The lowest BCUT2D eigenvalue weighted by molar-refractivity contribution is -0.137.